The first-order chi connectivity index (χ1) is 11.2. The minimum atomic E-state index is 0.669. The molecule has 0 aliphatic heterocycles. The Hall–Kier alpha value is -2.29. The van der Waals surface area contributed by atoms with Crippen molar-refractivity contribution in [2.45, 2.75) is 10.9 Å². The van der Waals surface area contributed by atoms with Gasteiger partial charge in [-0.3, -0.25) is 0 Å². The Kier molecular flexibility index (Phi) is 4.65. The van der Waals surface area contributed by atoms with Crippen molar-refractivity contribution in [2.75, 3.05) is 0 Å². The number of thioether (sulfide) groups is 1. The number of hydrogen-bond donors (Lipinski definition) is 0. The second-order valence-electron chi connectivity index (χ2n) is 4.97. The van der Waals surface area contributed by atoms with E-state index in [-0.39, 0.29) is 0 Å². The molecule has 0 fully saturated rings. The fourth-order valence-corrected chi connectivity index (χ4v) is 3.11. The summed E-state index contributed by atoms with van der Waals surface area (Å²) in [5.74, 6) is 1.59. The average molecular weight is 341 g/mol. The van der Waals surface area contributed by atoms with Crippen molar-refractivity contribution in [3.05, 3.63) is 64.7 Å². The summed E-state index contributed by atoms with van der Waals surface area (Å²) in [4.78, 5) is 0. The molecule has 3 rings (SSSR count). The van der Waals surface area contributed by atoms with Gasteiger partial charge in [-0.2, -0.15) is 5.26 Å². The van der Waals surface area contributed by atoms with Gasteiger partial charge in [0.25, 0.3) is 0 Å². The molecule has 0 amide bonds. The maximum atomic E-state index is 8.82. The van der Waals surface area contributed by atoms with Gasteiger partial charge in [-0.15, -0.1) is 10.2 Å². The maximum Gasteiger partial charge on any atom is 0.191 e. The molecule has 6 heteroatoms. The quantitative estimate of drug-likeness (QED) is 0.664. The summed E-state index contributed by atoms with van der Waals surface area (Å²) in [5, 5.41) is 18.9. The van der Waals surface area contributed by atoms with Gasteiger partial charge >= 0.3 is 0 Å². The first-order valence-corrected chi connectivity index (χ1v) is 8.31. The van der Waals surface area contributed by atoms with Crippen LogP contribution in [0.2, 0.25) is 5.02 Å². The summed E-state index contributed by atoms with van der Waals surface area (Å²) in [6, 6.07) is 17.2. The van der Waals surface area contributed by atoms with E-state index in [9.17, 15) is 0 Å². The van der Waals surface area contributed by atoms with E-state index in [1.165, 1.54) is 0 Å². The lowest BCUT2D eigenvalue weighted by atomic mass is 10.2. The van der Waals surface area contributed by atoms with Crippen LogP contribution < -0.4 is 0 Å². The lowest BCUT2D eigenvalue weighted by Crippen LogP contribution is -1.95. The Balaban J connectivity index is 1.74. The number of hydrogen-bond acceptors (Lipinski definition) is 4. The molecular formula is C17H13ClN4S. The van der Waals surface area contributed by atoms with Crippen LogP contribution in [0.1, 0.15) is 11.1 Å². The summed E-state index contributed by atoms with van der Waals surface area (Å²) in [5.41, 5.74) is 2.79. The standard InChI is InChI=1S/C17H13ClN4S/c1-22-16(14-6-8-15(18)9-7-14)20-21-17(22)23-11-13-4-2-12(10-19)3-5-13/h2-9H,11H2,1H3. The molecule has 0 unspecified atom stereocenters. The smallest absolute Gasteiger partial charge is 0.191 e. The number of nitrogens with zero attached hydrogens (tertiary/aromatic N) is 4. The van der Waals surface area contributed by atoms with Crippen molar-refractivity contribution >= 4 is 23.4 Å². The van der Waals surface area contributed by atoms with Crippen LogP contribution in [-0.4, -0.2) is 14.8 Å². The molecule has 3 aromatic rings. The van der Waals surface area contributed by atoms with Gasteiger partial charge in [0.1, 0.15) is 0 Å². The zero-order chi connectivity index (χ0) is 16.2. The molecule has 1 aromatic heterocycles. The minimum Gasteiger partial charge on any atom is -0.305 e. The predicted octanol–water partition coefficient (Wildman–Crippen LogP) is 4.30. The van der Waals surface area contributed by atoms with Crippen LogP contribution in [0, 0.1) is 11.3 Å². The highest BCUT2D eigenvalue weighted by Gasteiger charge is 2.11. The van der Waals surface area contributed by atoms with Crippen molar-refractivity contribution in [3.63, 3.8) is 0 Å². The highest BCUT2D eigenvalue weighted by Crippen LogP contribution is 2.26. The molecule has 0 atom stereocenters. The van der Waals surface area contributed by atoms with Crippen molar-refractivity contribution in [1.29, 1.82) is 5.26 Å². The van der Waals surface area contributed by atoms with Crippen LogP contribution >= 0.6 is 23.4 Å². The molecule has 2 aromatic carbocycles. The number of benzene rings is 2. The zero-order valence-corrected chi connectivity index (χ0v) is 14.0. The lowest BCUT2D eigenvalue weighted by molar-refractivity contribution is 0.794. The fraction of sp³-hybridized carbons (Fsp3) is 0.118. The van der Waals surface area contributed by atoms with Gasteiger partial charge in [0.2, 0.25) is 0 Å². The molecule has 0 saturated heterocycles. The van der Waals surface area contributed by atoms with Crippen LogP contribution in [0.5, 0.6) is 0 Å². The summed E-state index contributed by atoms with van der Waals surface area (Å²) in [7, 11) is 1.95. The Morgan fingerprint density at radius 1 is 1.09 bits per heavy atom. The van der Waals surface area contributed by atoms with Crippen LogP contribution in [-0.2, 0) is 12.8 Å². The van der Waals surface area contributed by atoms with E-state index < -0.39 is 0 Å². The van der Waals surface area contributed by atoms with Gasteiger partial charge in [-0.25, -0.2) is 0 Å². The Morgan fingerprint density at radius 3 is 2.43 bits per heavy atom. The van der Waals surface area contributed by atoms with E-state index >= 15 is 0 Å². The summed E-state index contributed by atoms with van der Waals surface area (Å²) in [6.07, 6.45) is 0. The van der Waals surface area contributed by atoms with E-state index in [1.54, 1.807) is 11.8 Å². The largest absolute Gasteiger partial charge is 0.305 e. The molecule has 0 saturated carbocycles. The minimum absolute atomic E-state index is 0.669. The van der Waals surface area contributed by atoms with Crippen molar-refractivity contribution in [2.24, 2.45) is 7.05 Å². The monoisotopic (exact) mass is 340 g/mol. The second-order valence-corrected chi connectivity index (χ2v) is 6.35. The van der Waals surface area contributed by atoms with Crippen LogP contribution in [0.15, 0.2) is 53.7 Å². The zero-order valence-electron chi connectivity index (χ0n) is 12.4. The average Bonchev–Trinajstić information content (AvgIpc) is 2.95. The molecule has 0 aliphatic carbocycles. The number of aromatic nitrogens is 3. The molecule has 0 spiro atoms. The Labute approximate surface area is 143 Å². The SMILES string of the molecule is Cn1c(SCc2ccc(C#N)cc2)nnc1-c1ccc(Cl)cc1. The van der Waals surface area contributed by atoms with Gasteiger partial charge in [0.05, 0.1) is 11.6 Å². The van der Waals surface area contributed by atoms with Crippen molar-refractivity contribution in [1.82, 2.24) is 14.8 Å². The fourth-order valence-electron chi connectivity index (χ4n) is 2.11. The van der Waals surface area contributed by atoms with Crippen LogP contribution in [0.3, 0.4) is 0 Å². The van der Waals surface area contributed by atoms with Gasteiger partial charge in [-0.1, -0.05) is 35.5 Å². The normalized spacial score (nSPS) is 10.5. The molecule has 23 heavy (non-hydrogen) atoms. The molecular weight excluding hydrogens is 328 g/mol. The number of halogens is 1. The third kappa shape index (κ3) is 3.55. The summed E-state index contributed by atoms with van der Waals surface area (Å²) < 4.78 is 1.97. The first kappa shape index (κ1) is 15.6. The highest BCUT2D eigenvalue weighted by atomic mass is 35.5. The Morgan fingerprint density at radius 2 is 1.78 bits per heavy atom. The summed E-state index contributed by atoms with van der Waals surface area (Å²) >= 11 is 7.53. The molecule has 0 radical (unpaired) electrons. The molecule has 4 nitrogen and oxygen atoms in total. The lowest BCUT2D eigenvalue weighted by Gasteiger charge is -2.04. The molecule has 1 heterocycles. The number of rotatable bonds is 4. The highest BCUT2D eigenvalue weighted by molar-refractivity contribution is 7.98. The topological polar surface area (TPSA) is 54.5 Å². The van der Waals surface area contributed by atoms with E-state index in [0.29, 0.717) is 10.6 Å². The third-order valence-electron chi connectivity index (χ3n) is 3.39. The van der Waals surface area contributed by atoms with E-state index in [2.05, 4.69) is 16.3 Å². The van der Waals surface area contributed by atoms with E-state index in [4.69, 9.17) is 16.9 Å². The maximum absolute atomic E-state index is 8.82. The number of nitriles is 1. The molecule has 0 N–H and O–H groups in total. The summed E-state index contributed by atoms with van der Waals surface area (Å²) in [6.45, 7) is 0. The van der Waals surface area contributed by atoms with E-state index in [0.717, 1.165) is 27.9 Å². The molecule has 114 valence electrons. The van der Waals surface area contributed by atoms with Crippen molar-refractivity contribution < 1.29 is 0 Å². The molecule has 0 bridgehead atoms. The van der Waals surface area contributed by atoms with Gasteiger partial charge in [0, 0.05) is 23.4 Å². The molecule has 0 aliphatic rings. The predicted molar refractivity (Wildman–Crippen MR) is 92.2 cm³/mol. The van der Waals surface area contributed by atoms with Gasteiger partial charge in [0.15, 0.2) is 11.0 Å². The van der Waals surface area contributed by atoms with E-state index in [1.807, 2.05) is 60.1 Å². The first-order valence-electron chi connectivity index (χ1n) is 6.94. The second kappa shape index (κ2) is 6.86. The van der Waals surface area contributed by atoms with Crippen LogP contribution in [0.4, 0.5) is 0 Å². The Bertz CT molecular complexity index is 848. The van der Waals surface area contributed by atoms with Crippen molar-refractivity contribution in [3.8, 4) is 17.5 Å². The van der Waals surface area contributed by atoms with Gasteiger partial charge < -0.3 is 4.57 Å². The van der Waals surface area contributed by atoms with Crippen LogP contribution in [0.25, 0.3) is 11.4 Å². The third-order valence-corrected chi connectivity index (χ3v) is 4.73. The van der Waals surface area contributed by atoms with Gasteiger partial charge in [-0.05, 0) is 42.0 Å².